The van der Waals surface area contributed by atoms with Crippen molar-refractivity contribution in [2.45, 2.75) is 27.2 Å². The molecule has 0 bridgehead atoms. The fourth-order valence-corrected chi connectivity index (χ4v) is 2.81. The lowest BCUT2D eigenvalue weighted by Gasteiger charge is -2.44. The van der Waals surface area contributed by atoms with Crippen LogP contribution in [0.2, 0.25) is 5.02 Å². The summed E-state index contributed by atoms with van der Waals surface area (Å²) in [5, 5.41) is 0.849. The number of rotatable bonds is 2. The molecule has 1 atom stereocenters. The Balaban J connectivity index is 2.18. The van der Waals surface area contributed by atoms with Gasteiger partial charge in [-0.3, -0.25) is 0 Å². The van der Waals surface area contributed by atoms with E-state index in [9.17, 15) is 0 Å². The van der Waals surface area contributed by atoms with Crippen LogP contribution in [0, 0.1) is 18.3 Å². The van der Waals surface area contributed by atoms with Crippen LogP contribution in [-0.4, -0.2) is 19.6 Å². The van der Waals surface area contributed by atoms with E-state index in [2.05, 4.69) is 36.9 Å². The van der Waals surface area contributed by atoms with Crippen molar-refractivity contribution in [2.24, 2.45) is 17.1 Å². The molecule has 0 aromatic heterocycles. The van der Waals surface area contributed by atoms with E-state index in [0.29, 0.717) is 11.3 Å². The molecule has 0 amide bonds. The molecule has 1 heterocycles. The molecular formula is C15H23ClN2. The number of benzene rings is 1. The molecule has 2 rings (SSSR count). The Kier molecular flexibility index (Phi) is 3.88. The largest absolute Gasteiger partial charge is 0.371 e. The van der Waals surface area contributed by atoms with E-state index in [1.807, 2.05) is 6.92 Å². The van der Waals surface area contributed by atoms with E-state index >= 15 is 0 Å². The lowest BCUT2D eigenvalue weighted by Crippen LogP contribution is -2.47. The van der Waals surface area contributed by atoms with Crippen molar-refractivity contribution in [2.75, 3.05) is 24.5 Å². The minimum Gasteiger partial charge on any atom is -0.371 e. The molecule has 0 spiro atoms. The van der Waals surface area contributed by atoms with Crippen LogP contribution >= 0.6 is 11.6 Å². The van der Waals surface area contributed by atoms with Crippen LogP contribution in [0.1, 0.15) is 25.8 Å². The summed E-state index contributed by atoms with van der Waals surface area (Å²) in [6.45, 7) is 9.55. The van der Waals surface area contributed by atoms with Crippen molar-refractivity contribution in [3.8, 4) is 0 Å². The van der Waals surface area contributed by atoms with E-state index in [1.54, 1.807) is 0 Å². The third-order valence-electron chi connectivity index (χ3n) is 4.38. The molecule has 100 valence electrons. The molecule has 2 nitrogen and oxygen atoms in total. The molecule has 1 saturated heterocycles. The van der Waals surface area contributed by atoms with Gasteiger partial charge in [-0.1, -0.05) is 31.5 Å². The number of aryl methyl sites for hydroxylation is 1. The first kappa shape index (κ1) is 13.7. The molecule has 18 heavy (non-hydrogen) atoms. The van der Waals surface area contributed by atoms with Crippen molar-refractivity contribution in [1.29, 1.82) is 0 Å². The predicted molar refractivity (Wildman–Crippen MR) is 79.3 cm³/mol. The molecule has 0 aliphatic carbocycles. The molecule has 1 aromatic carbocycles. The average molecular weight is 267 g/mol. The van der Waals surface area contributed by atoms with Gasteiger partial charge in [-0.15, -0.1) is 0 Å². The summed E-state index contributed by atoms with van der Waals surface area (Å²) in [6, 6.07) is 6.32. The van der Waals surface area contributed by atoms with E-state index < -0.39 is 0 Å². The number of hydrogen-bond acceptors (Lipinski definition) is 2. The number of anilines is 1. The van der Waals surface area contributed by atoms with E-state index in [0.717, 1.165) is 30.2 Å². The quantitative estimate of drug-likeness (QED) is 0.888. The van der Waals surface area contributed by atoms with Gasteiger partial charge in [0.25, 0.3) is 0 Å². The van der Waals surface area contributed by atoms with E-state index in [-0.39, 0.29) is 0 Å². The summed E-state index contributed by atoms with van der Waals surface area (Å²) in [6.07, 6.45) is 1.18. The summed E-state index contributed by atoms with van der Waals surface area (Å²) in [4.78, 5) is 2.41. The number of hydrogen-bond donors (Lipinski definition) is 1. The van der Waals surface area contributed by atoms with Crippen LogP contribution in [0.15, 0.2) is 18.2 Å². The molecule has 1 aliphatic heterocycles. The normalized spacial score (nSPS) is 23.2. The minimum absolute atomic E-state index is 0.347. The lowest BCUT2D eigenvalue weighted by atomic mass is 9.73. The van der Waals surface area contributed by atoms with Gasteiger partial charge in [0.2, 0.25) is 0 Å². The number of piperidine rings is 1. The molecule has 0 saturated carbocycles. The Morgan fingerprint density at radius 1 is 1.44 bits per heavy atom. The van der Waals surface area contributed by atoms with Crippen LogP contribution in [0.25, 0.3) is 0 Å². The van der Waals surface area contributed by atoms with Gasteiger partial charge in [-0.2, -0.15) is 0 Å². The predicted octanol–water partition coefficient (Wildman–Crippen LogP) is 3.46. The van der Waals surface area contributed by atoms with Crippen molar-refractivity contribution < 1.29 is 0 Å². The van der Waals surface area contributed by atoms with Crippen LogP contribution in [0.4, 0.5) is 5.69 Å². The summed E-state index contributed by atoms with van der Waals surface area (Å²) < 4.78 is 0. The Labute approximate surface area is 115 Å². The van der Waals surface area contributed by atoms with Gasteiger partial charge in [0, 0.05) is 23.8 Å². The molecule has 1 aliphatic rings. The molecule has 2 N–H and O–H groups in total. The van der Waals surface area contributed by atoms with Crippen molar-refractivity contribution >= 4 is 17.3 Å². The first-order chi connectivity index (χ1) is 8.44. The fourth-order valence-electron chi connectivity index (χ4n) is 2.64. The molecule has 1 aromatic rings. The van der Waals surface area contributed by atoms with Crippen LogP contribution in [-0.2, 0) is 0 Å². The average Bonchev–Trinajstić information content (AvgIpc) is 2.32. The third-order valence-corrected chi connectivity index (χ3v) is 4.78. The highest BCUT2D eigenvalue weighted by atomic mass is 35.5. The first-order valence-corrected chi connectivity index (χ1v) is 7.03. The van der Waals surface area contributed by atoms with Gasteiger partial charge in [-0.05, 0) is 48.9 Å². The van der Waals surface area contributed by atoms with E-state index in [1.165, 1.54) is 12.1 Å². The summed E-state index contributed by atoms with van der Waals surface area (Å²) >= 11 is 6.21. The Morgan fingerprint density at radius 3 is 2.78 bits per heavy atom. The highest BCUT2D eigenvalue weighted by Gasteiger charge is 2.34. The van der Waals surface area contributed by atoms with E-state index in [4.69, 9.17) is 17.3 Å². The Morgan fingerprint density at radius 2 is 2.17 bits per heavy atom. The first-order valence-electron chi connectivity index (χ1n) is 6.65. The van der Waals surface area contributed by atoms with Crippen LogP contribution in [0.3, 0.4) is 0 Å². The Bertz CT molecular complexity index is 429. The van der Waals surface area contributed by atoms with Crippen molar-refractivity contribution in [1.82, 2.24) is 0 Å². The molecular weight excluding hydrogens is 244 g/mol. The maximum absolute atomic E-state index is 6.21. The summed E-state index contributed by atoms with van der Waals surface area (Å²) in [7, 11) is 0. The lowest BCUT2D eigenvalue weighted by molar-refractivity contribution is 0.177. The second-order valence-electron chi connectivity index (χ2n) is 6.05. The van der Waals surface area contributed by atoms with Gasteiger partial charge in [0.1, 0.15) is 0 Å². The van der Waals surface area contributed by atoms with Crippen molar-refractivity contribution in [3.63, 3.8) is 0 Å². The zero-order valence-corrected chi connectivity index (χ0v) is 12.3. The molecule has 0 radical (unpaired) electrons. The summed E-state index contributed by atoms with van der Waals surface area (Å²) in [5.74, 6) is 0.548. The summed E-state index contributed by atoms with van der Waals surface area (Å²) in [5.41, 5.74) is 8.62. The van der Waals surface area contributed by atoms with Gasteiger partial charge in [0.15, 0.2) is 0 Å². The maximum Gasteiger partial charge on any atom is 0.0455 e. The number of nitrogens with two attached hydrogens (primary N) is 1. The molecule has 3 heteroatoms. The Hall–Kier alpha value is -0.730. The topological polar surface area (TPSA) is 29.3 Å². The zero-order valence-electron chi connectivity index (χ0n) is 11.5. The SMILES string of the molecule is Cc1ccc(N2CCC(C)(C)C(CN)C2)cc1Cl. The highest BCUT2D eigenvalue weighted by Crippen LogP contribution is 2.37. The number of halogens is 1. The highest BCUT2D eigenvalue weighted by molar-refractivity contribution is 6.31. The zero-order chi connectivity index (χ0) is 13.3. The van der Waals surface area contributed by atoms with Gasteiger partial charge in [0.05, 0.1) is 0 Å². The molecule has 1 unspecified atom stereocenters. The molecule has 1 fully saturated rings. The number of nitrogens with zero attached hydrogens (tertiary/aromatic N) is 1. The maximum atomic E-state index is 6.21. The van der Waals surface area contributed by atoms with Gasteiger partial charge >= 0.3 is 0 Å². The standard InChI is InChI=1S/C15H23ClN2/c1-11-4-5-13(8-14(11)16)18-7-6-15(2,3)12(9-17)10-18/h4-5,8,12H,6-7,9-10,17H2,1-3H3. The minimum atomic E-state index is 0.347. The smallest absolute Gasteiger partial charge is 0.0455 e. The van der Waals surface area contributed by atoms with Gasteiger partial charge in [-0.25, -0.2) is 0 Å². The monoisotopic (exact) mass is 266 g/mol. The second-order valence-corrected chi connectivity index (χ2v) is 6.46. The fraction of sp³-hybridized carbons (Fsp3) is 0.600. The van der Waals surface area contributed by atoms with Crippen LogP contribution < -0.4 is 10.6 Å². The van der Waals surface area contributed by atoms with Crippen molar-refractivity contribution in [3.05, 3.63) is 28.8 Å². The van der Waals surface area contributed by atoms with Gasteiger partial charge < -0.3 is 10.6 Å². The third kappa shape index (κ3) is 2.65. The van der Waals surface area contributed by atoms with Crippen LogP contribution in [0.5, 0.6) is 0 Å². The second kappa shape index (κ2) is 5.10.